The number of carbonyl (C=O) groups excluding carboxylic acids is 3. The van der Waals surface area contributed by atoms with Gasteiger partial charge in [-0.2, -0.15) is 0 Å². The highest BCUT2D eigenvalue weighted by atomic mass is 35.5. The van der Waals surface area contributed by atoms with E-state index in [2.05, 4.69) is 10.6 Å². The summed E-state index contributed by atoms with van der Waals surface area (Å²) in [6, 6.07) is 8.82. The molecule has 3 N–H and O–H groups in total. The van der Waals surface area contributed by atoms with Gasteiger partial charge in [0.25, 0.3) is 5.91 Å². The van der Waals surface area contributed by atoms with Gasteiger partial charge in [-0.3, -0.25) is 15.4 Å². The van der Waals surface area contributed by atoms with Crippen LogP contribution in [0.3, 0.4) is 0 Å². The summed E-state index contributed by atoms with van der Waals surface area (Å²) in [7, 11) is 0. The zero-order chi connectivity index (χ0) is 20.9. The highest BCUT2D eigenvalue weighted by molar-refractivity contribution is 6.30. The summed E-state index contributed by atoms with van der Waals surface area (Å²) in [4.78, 5) is 35.8. The minimum atomic E-state index is -0.922. The fourth-order valence-corrected chi connectivity index (χ4v) is 2.26. The van der Waals surface area contributed by atoms with Crippen LogP contribution in [-0.4, -0.2) is 23.6 Å². The highest BCUT2D eigenvalue weighted by Crippen LogP contribution is 2.17. The number of nitrogens with one attached hydrogen (secondary N) is 3. The topological polar surface area (TPSA) is 96.5 Å². The molecule has 0 radical (unpaired) electrons. The molecule has 7 nitrogen and oxygen atoms in total. The summed E-state index contributed by atoms with van der Waals surface area (Å²) < 4.78 is 18.9. The van der Waals surface area contributed by atoms with Crippen LogP contribution in [0.15, 0.2) is 42.5 Å². The van der Waals surface area contributed by atoms with E-state index in [9.17, 15) is 18.8 Å². The van der Waals surface area contributed by atoms with E-state index in [0.29, 0.717) is 11.4 Å². The molecule has 4 amide bonds. The molecule has 0 aliphatic heterocycles. The van der Waals surface area contributed by atoms with Crippen molar-refractivity contribution in [3.63, 3.8) is 0 Å². The summed E-state index contributed by atoms with van der Waals surface area (Å²) in [5, 5.41) is 7.10. The number of urea groups is 1. The van der Waals surface area contributed by atoms with Crippen molar-refractivity contribution in [2.24, 2.45) is 0 Å². The zero-order valence-corrected chi connectivity index (χ0v) is 16.2. The van der Waals surface area contributed by atoms with Crippen LogP contribution >= 0.6 is 11.6 Å². The second-order valence-corrected chi connectivity index (χ2v) is 7.18. The number of halogens is 2. The van der Waals surface area contributed by atoms with Gasteiger partial charge in [0, 0.05) is 16.4 Å². The molecule has 0 spiro atoms. The van der Waals surface area contributed by atoms with Gasteiger partial charge in [0.15, 0.2) is 0 Å². The van der Waals surface area contributed by atoms with Gasteiger partial charge in [0.05, 0.1) is 5.56 Å². The van der Waals surface area contributed by atoms with Gasteiger partial charge in [-0.25, -0.2) is 14.0 Å². The van der Waals surface area contributed by atoms with E-state index in [-0.39, 0.29) is 10.6 Å². The number of benzene rings is 2. The summed E-state index contributed by atoms with van der Waals surface area (Å²) in [5.41, 5.74) is -0.297. The van der Waals surface area contributed by atoms with Crippen molar-refractivity contribution < 1.29 is 23.5 Å². The van der Waals surface area contributed by atoms with Crippen molar-refractivity contribution in [3.05, 3.63) is 58.9 Å². The Labute approximate surface area is 166 Å². The van der Waals surface area contributed by atoms with Crippen molar-refractivity contribution in [2.75, 3.05) is 10.6 Å². The van der Waals surface area contributed by atoms with Crippen LogP contribution in [0.4, 0.5) is 25.4 Å². The molecule has 28 heavy (non-hydrogen) atoms. The molecule has 0 atom stereocenters. The van der Waals surface area contributed by atoms with E-state index in [4.69, 9.17) is 16.3 Å². The van der Waals surface area contributed by atoms with Crippen molar-refractivity contribution in [1.82, 2.24) is 5.32 Å². The molecule has 0 bridgehead atoms. The number of anilines is 2. The molecule has 2 aromatic rings. The van der Waals surface area contributed by atoms with Gasteiger partial charge in [-0.05, 0) is 57.2 Å². The van der Waals surface area contributed by atoms with E-state index < -0.39 is 29.4 Å². The van der Waals surface area contributed by atoms with Crippen LogP contribution in [0.1, 0.15) is 31.1 Å². The predicted octanol–water partition coefficient (Wildman–Crippen LogP) is 4.79. The first-order valence-corrected chi connectivity index (χ1v) is 8.59. The molecule has 0 aliphatic carbocycles. The van der Waals surface area contributed by atoms with E-state index in [1.807, 2.05) is 5.32 Å². The van der Waals surface area contributed by atoms with Gasteiger partial charge in [-0.1, -0.05) is 17.7 Å². The lowest BCUT2D eigenvalue weighted by atomic mass is 10.2. The van der Waals surface area contributed by atoms with E-state index in [1.54, 1.807) is 39.0 Å². The van der Waals surface area contributed by atoms with Crippen LogP contribution in [0.5, 0.6) is 0 Å². The monoisotopic (exact) mass is 407 g/mol. The largest absolute Gasteiger partial charge is 0.444 e. The molecule has 0 saturated heterocycles. The summed E-state index contributed by atoms with van der Waals surface area (Å²) in [6.45, 7) is 5.19. The van der Waals surface area contributed by atoms with Crippen molar-refractivity contribution in [3.8, 4) is 0 Å². The Morgan fingerprint density at radius 2 is 1.64 bits per heavy atom. The highest BCUT2D eigenvalue weighted by Gasteiger charge is 2.17. The Kier molecular flexibility index (Phi) is 6.58. The third kappa shape index (κ3) is 6.55. The van der Waals surface area contributed by atoms with E-state index in [0.717, 1.165) is 6.07 Å². The molecule has 2 aromatic carbocycles. The Morgan fingerprint density at radius 1 is 1.00 bits per heavy atom. The van der Waals surface area contributed by atoms with Crippen molar-refractivity contribution in [2.45, 2.75) is 26.4 Å². The molecule has 9 heteroatoms. The van der Waals surface area contributed by atoms with Crippen LogP contribution in [0.25, 0.3) is 0 Å². The Balaban J connectivity index is 1.98. The Bertz CT molecular complexity index is 912. The average molecular weight is 408 g/mol. The molecule has 0 aromatic heterocycles. The maximum atomic E-state index is 13.7. The number of imide groups is 1. The predicted molar refractivity (Wildman–Crippen MR) is 104 cm³/mol. The first kappa shape index (κ1) is 21.2. The lowest BCUT2D eigenvalue weighted by molar-refractivity contribution is 0.0635. The fourth-order valence-electron chi connectivity index (χ4n) is 2.10. The molecular weight excluding hydrogens is 389 g/mol. The van der Waals surface area contributed by atoms with Gasteiger partial charge in [-0.15, -0.1) is 0 Å². The quantitative estimate of drug-likeness (QED) is 0.681. The second-order valence-electron chi connectivity index (χ2n) is 6.74. The van der Waals surface area contributed by atoms with Crippen LogP contribution < -0.4 is 16.0 Å². The van der Waals surface area contributed by atoms with Crippen molar-refractivity contribution >= 4 is 41.0 Å². The molecule has 0 aliphatic rings. The number of carbonyl (C=O) groups is 3. The first-order chi connectivity index (χ1) is 13.0. The van der Waals surface area contributed by atoms with E-state index in [1.165, 1.54) is 18.2 Å². The van der Waals surface area contributed by atoms with Gasteiger partial charge in [0.2, 0.25) is 0 Å². The molecule has 2 rings (SSSR count). The third-order valence-corrected chi connectivity index (χ3v) is 3.40. The summed E-state index contributed by atoms with van der Waals surface area (Å²) in [6.07, 6.45) is -0.650. The Morgan fingerprint density at radius 3 is 2.25 bits per heavy atom. The SMILES string of the molecule is CC(C)(C)OC(=O)Nc1cccc(NC(=O)NC(=O)c2ccc(Cl)cc2F)c1. The first-order valence-electron chi connectivity index (χ1n) is 8.21. The van der Waals surface area contributed by atoms with Gasteiger partial charge in [0.1, 0.15) is 11.4 Å². The zero-order valence-electron chi connectivity index (χ0n) is 15.4. The third-order valence-electron chi connectivity index (χ3n) is 3.17. The van der Waals surface area contributed by atoms with Gasteiger partial charge >= 0.3 is 12.1 Å². The van der Waals surface area contributed by atoms with Crippen LogP contribution in [-0.2, 0) is 4.74 Å². The Hall–Kier alpha value is -3.13. The van der Waals surface area contributed by atoms with Crippen molar-refractivity contribution in [1.29, 1.82) is 0 Å². The summed E-state index contributed by atoms with van der Waals surface area (Å²) >= 11 is 5.63. The molecule has 0 saturated carbocycles. The molecule has 0 unspecified atom stereocenters. The van der Waals surface area contributed by atoms with E-state index >= 15 is 0 Å². The average Bonchev–Trinajstić information content (AvgIpc) is 2.52. The fraction of sp³-hybridized carbons (Fsp3) is 0.211. The number of hydrogen-bond acceptors (Lipinski definition) is 4. The van der Waals surface area contributed by atoms with Crippen LogP contribution in [0.2, 0.25) is 5.02 Å². The smallest absolute Gasteiger partial charge is 0.412 e. The number of rotatable bonds is 3. The molecule has 0 fully saturated rings. The molecule has 148 valence electrons. The molecular formula is C19H19ClFN3O4. The lowest BCUT2D eigenvalue weighted by Crippen LogP contribution is -2.34. The maximum Gasteiger partial charge on any atom is 0.412 e. The normalized spacial score (nSPS) is 10.8. The minimum Gasteiger partial charge on any atom is -0.444 e. The standard InChI is InChI=1S/C19H19ClFN3O4/c1-19(2,3)28-18(27)23-13-6-4-5-12(10-13)22-17(26)24-16(25)14-8-7-11(20)9-15(14)21/h4-10H,1-3H3,(H,23,27)(H2,22,24,25,26). The number of amides is 4. The number of hydrogen-bond donors (Lipinski definition) is 3. The summed E-state index contributed by atoms with van der Waals surface area (Å²) in [5.74, 6) is -1.77. The molecule has 0 heterocycles. The minimum absolute atomic E-state index is 0.132. The van der Waals surface area contributed by atoms with Crippen LogP contribution in [0, 0.1) is 5.82 Å². The second kappa shape index (κ2) is 8.71. The maximum absolute atomic E-state index is 13.7. The lowest BCUT2D eigenvalue weighted by Gasteiger charge is -2.19. The van der Waals surface area contributed by atoms with Gasteiger partial charge < -0.3 is 10.1 Å². The number of ether oxygens (including phenoxy) is 1.